The molecule has 1 saturated heterocycles. The smallest absolute Gasteiger partial charge is 0.189 e. The van der Waals surface area contributed by atoms with Crippen LogP contribution in [0.3, 0.4) is 0 Å². The molecule has 2 unspecified atom stereocenters. The zero-order valence-electron chi connectivity index (χ0n) is 6.68. The first-order valence-corrected chi connectivity index (χ1v) is 4.26. The maximum atomic E-state index is 6.76. The lowest BCUT2D eigenvalue weighted by Gasteiger charge is -2.34. The van der Waals surface area contributed by atoms with Gasteiger partial charge >= 0.3 is 0 Å². The van der Waals surface area contributed by atoms with Crippen molar-refractivity contribution in [3.63, 3.8) is 0 Å². The van der Waals surface area contributed by atoms with Crippen molar-refractivity contribution in [1.82, 2.24) is 0 Å². The van der Waals surface area contributed by atoms with Crippen LogP contribution in [0.4, 0.5) is 0 Å². The van der Waals surface area contributed by atoms with Crippen LogP contribution in [0.1, 0.15) is 19.3 Å². The van der Waals surface area contributed by atoms with Crippen molar-refractivity contribution in [3.8, 4) is 0 Å². The molecule has 11 heavy (non-hydrogen) atoms. The molecule has 1 aliphatic heterocycles. The van der Waals surface area contributed by atoms with Crippen LogP contribution in [-0.2, 0) is 0 Å². The van der Waals surface area contributed by atoms with Crippen LogP contribution < -0.4 is 0 Å². The molecule has 2 atom stereocenters. The van der Waals surface area contributed by atoms with Gasteiger partial charge in [0, 0.05) is 6.42 Å². The molecule has 0 aliphatic carbocycles. The lowest BCUT2D eigenvalue weighted by Crippen LogP contribution is -2.47. The highest BCUT2D eigenvalue weighted by atomic mass is 35.5. The summed E-state index contributed by atoms with van der Waals surface area (Å²) >= 11 is 6.06. The van der Waals surface area contributed by atoms with Gasteiger partial charge in [0.1, 0.15) is 12.6 Å². The summed E-state index contributed by atoms with van der Waals surface area (Å²) < 4.78 is 0.422. The van der Waals surface area contributed by atoms with Crippen molar-refractivity contribution >= 4 is 17.6 Å². The first kappa shape index (κ1) is 8.72. The Kier molecular flexibility index (Phi) is 2.66. The van der Waals surface area contributed by atoms with Gasteiger partial charge in [-0.3, -0.25) is 0 Å². The van der Waals surface area contributed by atoms with Crippen LogP contribution in [0.5, 0.6) is 0 Å². The van der Waals surface area contributed by atoms with Crippen LogP contribution >= 0.6 is 11.6 Å². The van der Waals surface area contributed by atoms with Gasteiger partial charge in [-0.15, -0.1) is 0 Å². The highest BCUT2D eigenvalue weighted by Gasteiger charge is 2.34. The van der Waals surface area contributed by atoms with Crippen molar-refractivity contribution in [2.75, 3.05) is 13.6 Å². The van der Waals surface area contributed by atoms with Gasteiger partial charge in [0.15, 0.2) is 5.50 Å². The van der Waals surface area contributed by atoms with Gasteiger partial charge in [-0.05, 0) is 17.9 Å². The van der Waals surface area contributed by atoms with E-state index < -0.39 is 0 Å². The van der Waals surface area contributed by atoms with E-state index in [9.17, 15) is 0 Å². The van der Waals surface area contributed by atoms with Gasteiger partial charge in [-0.25, -0.2) is 5.41 Å². The quantitative estimate of drug-likeness (QED) is 0.273. The minimum atomic E-state index is 0.0293. The number of rotatable bonds is 1. The third-order valence-electron chi connectivity index (χ3n) is 2.19. The SMILES string of the molecule is C[N+]1(N=C=N)CCCCC1Cl. The van der Waals surface area contributed by atoms with Crippen molar-refractivity contribution < 1.29 is 4.59 Å². The molecule has 0 bridgehead atoms. The van der Waals surface area contributed by atoms with E-state index >= 15 is 0 Å². The Balaban J connectivity index is 2.72. The molecule has 1 rings (SSSR count). The van der Waals surface area contributed by atoms with Crippen LogP contribution in [0.2, 0.25) is 0 Å². The monoisotopic (exact) mass is 174 g/mol. The summed E-state index contributed by atoms with van der Waals surface area (Å²) in [6.45, 7) is 0.931. The van der Waals surface area contributed by atoms with E-state index in [1.54, 1.807) is 0 Å². The summed E-state index contributed by atoms with van der Waals surface area (Å²) in [6.07, 6.45) is 3.31. The van der Waals surface area contributed by atoms with Crippen LogP contribution in [0.15, 0.2) is 5.10 Å². The van der Waals surface area contributed by atoms with Crippen molar-refractivity contribution in [3.05, 3.63) is 0 Å². The predicted molar refractivity (Wildman–Crippen MR) is 44.7 cm³/mol. The average Bonchev–Trinajstić information content (AvgIpc) is 1.96. The number of hydrogen-bond acceptors (Lipinski definition) is 2. The third kappa shape index (κ3) is 1.80. The molecule has 62 valence electrons. The van der Waals surface area contributed by atoms with Crippen molar-refractivity contribution in [1.29, 1.82) is 5.41 Å². The average molecular weight is 175 g/mol. The standard InChI is InChI=1S/C7H13ClN3/c1-11(10-6-9)5-3-2-4-7(11)8/h7,9H,2-5H2,1H3/q+1. The summed E-state index contributed by atoms with van der Waals surface area (Å²) in [4.78, 5) is 0. The Morgan fingerprint density at radius 2 is 2.36 bits per heavy atom. The normalized spacial score (nSPS) is 37.8. The molecule has 0 saturated carbocycles. The number of quaternary nitrogens is 1. The van der Waals surface area contributed by atoms with Gasteiger partial charge in [0.05, 0.1) is 7.05 Å². The van der Waals surface area contributed by atoms with E-state index in [1.807, 2.05) is 7.05 Å². The minimum absolute atomic E-state index is 0.0293. The number of nitrogens with one attached hydrogen (secondary N) is 1. The highest BCUT2D eigenvalue weighted by molar-refractivity contribution is 6.19. The Morgan fingerprint density at radius 3 is 2.91 bits per heavy atom. The molecule has 0 amide bonds. The number of alkyl halides is 1. The van der Waals surface area contributed by atoms with Gasteiger partial charge in [0.2, 0.25) is 0 Å². The molecule has 0 spiro atoms. The number of halogens is 1. The Bertz CT molecular complexity index is 188. The first-order chi connectivity index (χ1) is 5.19. The number of likely N-dealkylation sites (tertiary alicyclic amines) is 1. The van der Waals surface area contributed by atoms with Crippen LogP contribution in [-0.4, -0.2) is 29.7 Å². The molecule has 1 heterocycles. The van der Waals surface area contributed by atoms with Crippen molar-refractivity contribution in [2.24, 2.45) is 5.10 Å². The predicted octanol–water partition coefficient (Wildman–Crippen LogP) is 1.85. The van der Waals surface area contributed by atoms with E-state index in [2.05, 4.69) is 11.1 Å². The zero-order valence-corrected chi connectivity index (χ0v) is 7.43. The van der Waals surface area contributed by atoms with Crippen molar-refractivity contribution in [2.45, 2.75) is 24.8 Å². The van der Waals surface area contributed by atoms with Gasteiger partial charge in [-0.2, -0.15) is 4.59 Å². The molecule has 0 aromatic carbocycles. The second-order valence-corrected chi connectivity index (χ2v) is 3.58. The molecule has 0 aromatic rings. The lowest BCUT2D eigenvalue weighted by atomic mass is 10.1. The second-order valence-electron chi connectivity index (χ2n) is 3.08. The highest BCUT2D eigenvalue weighted by Crippen LogP contribution is 2.26. The summed E-state index contributed by atoms with van der Waals surface area (Å²) in [6, 6.07) is 2.07. The van der Waals surface area contributed by atoms with E-state index in [-0.39, 0.29) is 5.50 Å². The number of nitrogens with zero attached hydrogens (tertiary/aromatic N) is 2. The fourth-order valence-corrected chi connectivity index (χ4v) is 1.69. The molecule has 1 aliphatic rings. The Hall–Kier alpha value is -0.370. The summed E-state index contributed by atoms with van der Waals surface area (Å²) in [5, 5.41) is 10.7. The third-order valence-corrected chi connectivity index (χ3v) is 2.82. The van der Waals surface area contributed by atoms with Gasteiger partial charge in [0.25, 0.3) is 0 Å². The molecular weight excluding hydrogens is 162 g/mol. The fourth-order valence-electron chi connectivity index (χ4n) is 1.39. The largest absolute Gasteiger partial charge is 0.237 e. The molecule has 3 nitrogen and oxygen atoms in total. The Morgan fingerprint density at radius 1 is 1.64 bits per heavy atom. The summed E-state index contributed by atoms with van der Waals surface area (Å²) in [5.74, 6) is 0. The summed E-state index contributed by atoms with van der Waals surface area (Å²) in [5.41, 5.74) is 0.0293. The molecule has 4 heteroatoms. The van der Waals surface area contributed by atoms with E-state index in [0.717, 1.165) is 19.4 Å². The number of hydrogen-bond donors (Lipinski definition) is 1. The first-order valence-electron chi connectivity index (χ1n) is 3.82. The maximum Gasteiger partial charge on any atom is 0.189 e. The topological polar surface area (TPSA) is 36.2 Å². The van der Waals surface area contributed by atoms with Gasteiger partial charge < -0.3 is 0 Å². The van der Waals surface area contributed by atoms with Crippen LogP contribution in [0.25, 0.3) is 0 Å². The molecule has 1 N–H and O–H groups in total. The van der Waals surface area contributed by atoms with E-state index in [1.165, 1.54) is 6.42 Å². The van der Waals surface area contributed by atoms with E-state index in [4.69, 9.17) is 17.0 Å². The van der Waals surface area contributed by atoms with E-state index in [0.29, 0.717) is 4.59 Å². The molecule has 1 fully saturated rings. The van der Waals surface area contributed by atoms with Gasteiger partial charge in [-0.1, -0.05) is 11.6 Å². The minimum Gasteiger partial charge on any atom is -0.237 e. The fraction of sp³-hybridized carbons (Fsp3) is 0.857. The molecular formula is C7H13ClN3+. The van der Waals surface area contributed by atoms with Crippen LogP contribution in [0, 0.1) is 5.41 Å². The molecule has 0 aromatic heterocycles. The Labute approximate surface area is 71.7 Å². The number of piperidine rings is 1. The summed E-state index contributed by atoms with van der Waals surface area (Å²) in [7, 11) is 1.94. The maximum absolute atomic E-state index is 6.76. The zero-order chi connectivity index (χ0) is 8.32. The lowest BCUT2D eigenvalue weighted by molar-refractivity contribution is -0.931. The molecule has 0 radical (unpaired) electrons. The second kappa shape index (κ2) is 3.35.